The van der Waals surface area contributed by atoms with E-state index in [2.05, 4.69) is 76.7 Å². The third-order valence-corrected chi connectivity index (χ3v) is 6.11. The Balaban J connectivity index is 1.43. The van der Waals surface area contributed by atoms with Gasteiger partial charge in [0, 0.05) is 40.3 Å². The molecule has 0 atom stereocenters. The fourth-order valence-electron chi connectivity index (χ4n) is 4.58. The Labute approximate surface area is 183 Å². The van der Waals surface area contributed by atoms with Crippen LogP contribution < -0.4 is 0 Å². The molecule has 4 heteroatoms. The smallest absolute Gasteiger partial charge is 0.234 e. The highest BCUT2D eigenvalue weighted by atomic mass is 16.3. The van der Waals surface area contributed by atoms with Crippen LogP contribution in [0.1, 0.15) is 0 Å². The van der Waals surface area contributed by atoms with Crippen molar-refractivity contribution < 1.29 is 4.42 Å². The molecule has 3 aromatic heterocycles. The minimum absolute atomic E-state index is 0.704. The van der Waals surface area contributed by atoms with E-state index in [9.17, 15) is 0 Å². The standard InChI is InChI=1S/C28H17N3O/c1-2-8-22-20(6-1)23(16-24-21-7-3-4-9-26(21)32-27(22)24)18-10-12-19(13-11-18)25-17-31-15-5-14-29-28(31)30-25/h1-17H. The highest BCUT2D eigenvalue weighted by molar-refractivity contribution is 6.19. The number of furan rings is 1. The molecule has 0 unspecified atom stereocenters. The van der Waals surface area contributed by atoms with Gasteiger partial charge >= 0.3 is 0 Å². The summed E-state index contributed by atoms with van der Waals surface area (Å²) in [4.78, 5) is 8.96. The van der Waals surface area contributed by atoms with Crippen LogP contribution in [0, 0.1) is 0 Å². The Bertz CT molecular complexity index is 1740. The summed E-state index contributed by atoms with van der Waals surface area (Å²) in [6, 6.07) is 29.4. The van der Waals surface area contributed by atoms with Gasteiger partial charge in [-0.1, -0.05) is 66.7 Å². The van der Waals surface area contributed by atoms with Gasteiger partial charge in [-0.2, -0.15) is 0 Å². The molecule has 4 aromatic carbocycles. The number of aromatic nitrogens is 3. The number of hydrogen-bond donors (Lipinski definition) is 0. The summed E-state index contributed by atoms with van der Waals surface area (Å²) in [5, 5.41) is 4.60. The molecule has 0 fully saturated rings. The van der Waals surface area contributed by atoms with E-state index in [1.54, 1.807) is 6.20 Å². The lowest BCUT2D eigenvalue weighted by Crippen LogP contribution is -1.84. The van der Waals surface area contributed by atoms with Crippen molar-refractivity contribution in [2.45, 2.75) is 0 Å². The van der Waals surface area contributed by atoms with E-state index in [1.165, 1.54) is 16.5 Å². The minimum atomic E-state index is 0.704. The number of rotatable bonds is 2. The number of para-hydroxylation sites is 1. The molecule has 0 bridgehead atoms. The number of benzene rings is 4. The summed E-state index contributed by atoms with van der Waals surface area (Å²) in [5.74, 6) is 0.704. The number of hydrogen-bond acceptors (Lipinski definition) is 3. The maximum absolute atomic E-state index is 6.25. The van der Waals surface area contributed by atoms with Crippen LogP contribution in [-0.2, 0) is 0 Å². The topological polar surface area (TPSA) is 43.3 Å². The highest BCUT2D eigenvalue weighted by Gasteiger charge is 2.14. The molecule has 7 rings (SSSR count). The maximum Gasteiger partial charge on any atom is 0.234 e. The summed E-state index contributed by atoms with van der Waals surface area (Å²) in [6.07, 6.45) is 5.73. The lowest BCUT2D eigenvalue weighted by atomic mass is 9.94. The van der Waals surface area contributed by atoms with Gasteiger partial charge in [-0.3, -0.25) is 4.40 Å². The molecular weight excluding hydrogens is 394 g/mol. The Kier molecular flexibility index (Phi) is 3.52. The fraction of sp³-hybridized carbons (Fsp3) is 0. The molecule has 0 spiro atoms. The second kappa shape index (κ2) is 6.53. The molecule has 0 saturated heterocycles. The predicted molar refractivity (Wildman–Crippen MR) is 129 cm³/mol. The SMILES string of the molecule is c1ccc2c(c1)oc1c3ccccc3c(-c3ccc(-c4cn5cccnc5n4)cc3)cc21. The number of imidazole rings is 1. The molecule has 0 aliphatic heterocycles. The largest absolute Gasteiger partial charge is 0.455 e. The summed E-state index contributed by atoms with van der Waals surface area (Å²) >= 11 is 0. The molecule has 0 aliphatic rings. The molecule has 32 heavy (non-hydrogen) atoms. The van der Waals surface area contributed by atoms with Crippen molar-refractivity contribution in [2.24, 2.45) is 0 Å². The van der Waals surface area contributed by atoms with Gasteiger partial charge in [0.25, 0.3) is 0 Å². The number of nitrogens with zero attached hydrogens (tertiary/aromatic N) is 3. The average molecular weight is 411 g/mol. The first-order valence-electron chi connectivity index (χ1n) is 10.6. The van der Waals surface area contributed by atoms with E-state index in [-0.39, 0.29) is 0 Å². The lowest BCUT2D eigenvalue weighted by Gasteiger charge is -2.09. The van der Waals surface area contributed by atoms with Crippen LogP contribution in [0.4, 0.5) is 0 Å². The molecule has 7 aromatic rings. The van der Waals surface area contributed by atoms with Gasteiger partial charge in [0.05, 0.1) is 5.69 Å². The Morgan fingerprint density at radius 3 is 2.28 bits per heavy atom. The van der Waals surface area contributed by atoms with Gasteiger partial charge in [0.2, 0.25) is 5.78 Å². The molecule has 0 N–H and O–H groups in total. The van der Waals surface area contributed by atoms with Gasteiger partial charge in [-0.15, -0.1) is 0 Å². The summed E-state index contributed by atoms with van der Waals surface area (Å²) in [5.41, 5.74) is 6.21. The van der Waals surface area contributed by atoms with Gasteiger partial charge in [-0.05, 0) is 34.7 Å². The van der Waals surface area contributed by atoms with E-state index in [4.69, 9.17) is 4.42 Å². The van der Waals surface area contributed by atoms with Crippen LogP contribution in [0.5, 0.6) is 0 Å². The minimum Gasteiger partial charge on any atom is -0.455 e. The molecule has 0 aliphatic carbocycles. The molecule has 0 saturated carbocycles. The van der Waals surface area contributed by atoms with Crippen LogP contribution in [0.15, 0.2) is 108 Å². The van der Waals surface area contributed by atoms with E-state index < -0.39 is 0 Å². The summed E-state index contributed by atoms with van der Waals surface area (Å²) in [7, 11) is 0. The van der Waals surface area contributed by atoms with Crippen molar-refractivity contribution in [3.8, 4) is 22.4 Å². The first-order chi connectivity index (χ1) is 15.8. The zero-order chi connectivity index (χ0) is 21.1. The van der Waals surface area contributed by atoms with Gasteiger partial charge in [0.15, 0.2) is 0 Å². The maximum atomic E-state index is 6.25. The summed E-state index contributed by atoms with van der Waals surface area (Å²) < 4.78 is 8.19. The van der Waals surface area contributed by atoms with Crippen molar-refractivity contribution in [3.05, 3.63) is 104 Å². The first kappa shape index (κ1) is 17.3. The average Bonchev–Trinajstić information content (AvgIpc) is 3.45. The van der Waals surface area contributed by atoms with E-state index in [0.717, 1.165) is 38.6 Å². The third kappa shape index (κ3) is 2.50. The van der Waals surface area contributed by atoms with E-state index >= 15 is 0 Å². The van der Waals surface area contributed by atoms with Gasteiger partial charge in [-0.25, -0.2) is 9.97 Å². The first-order valence-corrected chi connectivity index (χ1v) is 10.6. The lowest BCUT2D eigenvalue weighted by molar-refractivity contribution is 0.672. The Morgan fingerprint density at radius 2 is 1.44 bits per heavy atom. The Hall–Kier alpha value is -4.44. The predicted octanol–water partition coefficient (Wildman–Crippen LogP) is 7.12. The molecule has 3 heterocycles. The van der Waals surface area contributed by atoms with Crippen molar-refractivity contribution in [3.63, 3.8) is 0 Å². The fourth-order valence-corrected chi connectivity index (χ4v) is 4.58. The second-order valence-electron chi connectivity index (χ2n) is 7.98. The quantitative estimate of drug-likeness (QED) is 0.304. The van der Waals surface area contributed by atoms with Crippen LogP contribution in [0.25, 0.3) is 60.9 Å². The second-order valence-corrected chi connectivity index (χ2v) is 7.98. The van der Waals surface area contributed by atoms with Crippen LogP contribution in [-0.4, -0.2) is 14.4 Å². The Morgan fingerprint density at radius 1 is 0.688 bits per heavy atom. The van der Waals surface area contributed by atoms with Crippen LogP contribution in [0.3, 0.4) is 0 Å². The van der Waals surface area contributed by atoms with Crippen molar-refractivity contribution in [1.29, 1.82) is 0 Å². The van der Waals surface area contributed by atoms with Crippen molar-refractivity contribution in [2.75, 3.05) is 0 Å². The van der Waals surface area contributed by atoms with E-state index in [0.29, 0.717) is 5.78 Å². The molecule has 150 valence electrons. The zero-order valence-corrected chi connectivity index (χ0v) is 17.1. The van der Waals surface area contributed by atoms with Gasteiger partial charge in [0.1, 0.15) is 11.2 Å². The third-order valence-electron chi connectivity index (χ3n) is 6.11. The van der Waals surface area contributed by atoms with Crippen LogP contribution >= 0.6 is 0 Å². The summed E-state index contributed by atoms with van der Waals surface area (Å²) in [6.45, 7) is 0. The highest BCUT2D eigenvalue weighted by Crippen LogP contribution is 2.39. The molecular formula is C28H17N3O. The zero-order valence-electron chi connectivity index (χ0n) is 17.1. The van der Waals surface area contributed by atoms with Crippen LogP contribution in [0.2, 0.25) is 0 Å². The van der Waals surface area contributed by atoms with Gasteiger partial charge < -0.3 is 4.42 Å². The monoisotopic (exact) mass is 411 g/mol. The normalized spacial score (nSPS) is 11.8. The molecule has 0 radical (unpaired) electrons. The molecule has 0 amide bonds. The van der Waals surface area contributed by atoms with Crippen molar-refractivity contribution >= 4 is 38.5 Å². The number of fused-ring (bicyclic) bond motifs is 6. The van der Waals surface area contributed by atoms with Crippen molar-refractivity contribution in [1.82, 2.24) is 14.4 Å². The van der Waals surface area contributed by atoms with E-state index in [1.807, 2.05) is 35.0 Å². The molecule has 4 nitrogen and oxygen atoms in total.